The molecule has 0 fully saturated rings. The lowest BCUT2D eigenvalue weighted by Crippen LogP contribution is -2.16. The molecule has 0 radical (unpaired) electrons. The third-order valence-electron chi connectivity index (χ3n) is 2.69. The van der Waals surface area contributed by atoms with Crippen molar-refractivity contribution in [2.75, 3.05) is 0 Å². The summed E-state index contributed by atoms with van der Waals surface area (Å²) in [5.74, 6) is 0.105. The van der Waals surface area contributed by atoms with Crippen LogP contribution in [0, 0.1) is 0 Å². The number of aromatic nitrogens is 2. The highest BCUT2D eigenvalue weighted by Gasteiger charge is 2.22. The quantitative estimate of drug-likeness (QED) is 0.775. The molecule has 0 saturated carbocycles. The monoisotopic (exact) mass is 194 g/mol. The second-order valence-corrected chi connectivity index (χ2v) is 3.59. The SMILES string of the molecule is CCc1nc2n(c1C(=O)O)CCCC2. The van der Waals surface area contributed by atoms with Crippen molar-refractivity contribution in [3.05, 3.63) is 17.2 Å². The average molecular weight is 194 g/mol. The summed E-state index contributed by atoms with van der Waals surface area (Å²) >= 11 is 0. The van der Waals surface area contributed by atoms with Gasteiger partial charge >= 0.3 is 5.97 Å². The molecular weight excluding hydrogens is 180 g/mol. The molecule has 2 heterocycles. The Kier molecular flexibility index (Phi) is 2.27. The molecule has 14 heavy (non-hydrogen) atoms. The van der Waals surface area contributed by atoms with Crippen molar-refractivity contribution in [3.63, 3.8) is 0 Å². The first-order valence-electron chi connectivity index (χ1n) is 5.05. The van der Waals surface area contributed by atoms with E-state index in [1.54, 1.807) is 0 Å². The number of imidazole rings is 1. The summed E-state index contributed by atoms with van der Waals surface area (Å²) in [7, 11) is 0. The van der Waals surface area contributed by atoms with Crippen LogP contribution < -0.4 is 0 Å². The van der Waals surface area contributed by atoms with Gasteiger partial charge in [0.1, 0.15) is 5.82 Å². The first-order chi connectivity index (χ1) is 6.74. The fraction of sp³-hybridized carbons (Fsp3) is 0.600. The van der Waals surface area contributed by atoms with E-state index in [2.05, 4.69) is 4.98 Å². The maximum Gasteiger partial charge on any atom is 0.354 e. The Morgan fingerprint density at radius 2 is 2.36 bits per heavy atom. The predicted octanol–water partition coefficient (Wildman–Crippen LogP) is 1.48. The summed E-state index contributed by atoms with van der Waals surface area (Å²) in [6.45, 7) is 2.75. The zero-order valence-electron chi connectivity index (χ0n) is 8.29. The van der Waals surface area contributed by atoms with Crippen LogP contribution in [-0.4, -0.2) is 20.6 Å². The summed E-state index contributed by atoms with van der Waals surface area (Å²) in [6.07, 6.45) is 3.80. The van der Waals surface area contributed by atoms with Crippen molar-refractivity contribution in [1.82, 2.24) is 9.55 Å². The van der Waals surface area contributed by atoms with E-state index in [4.69, 9.17) is 5.11 Å². The zero-order valence-corrected chi connectivity index (χ0v) is 8.29. The number of hydrogen-bond donors (Lipinski definition) is 1. The molecule has 4 heteroatoms. The molecule has 1 aromatic rings. The van der Waals surface area contributed by atoms with E-state index in [-0.39, 0.29) is 0 Å². The molecule has 0 unspecified atom stereocenters. The summed E-state index contributed by atoms with van der Waals surface area (Å²) in [5, 5.41) is 9.08. The van der Waals surface area contributed by atoms with Crippen LogP contribution in [0.3, 0.4) is 0 Å². The highest BCUT2D eigenvalue weighted by Crippen LogP contribution is 2.20. The average Bonchev–Trinajstić information content (AvgIpc) is 2.55. The second-order valence-electron chi connectivity index (χ2n) is 3.59. The number of carboxylic acid groups (broad SMARTS) is 1. The van der Waals surface area contributed by atoms with Crippen LogP contribution >= 0.6 is 0 Å². The lowest BCUT2D eigenvalue weighted by Gasteiger charge is -2.14. The minimum atomic E-state index is -0.845. The smallest absolute Gasteiger partial charge is 0.354 e. The molecule has 0 amide bonds. The Balaban J connectivity index is 2.53. The van der Waals surface area contributed by atoms with E-state index in [1.807, 2.05) is 11.5 Å². The van der Waals surface area contributed by atoms with E-state index in [1.165, 1.54) is 0 Å². The van der Waals surface area contributed by atoms with Gasteiger partial charge in [-0.3, -0.25) is 0 Å². The van der Waals surface area contributed by atoms with Crippen molar-refractivity contribution in [2.24, 2.45) is 0 Å². The molecule has 4 nitrogen and oxygen atoms in total. The van der Waals surface area contributed by atoms with Gasteiger partial charge in [-0.1, -0.05) is 6.92 Å². The number of nitrogens with zero attached hydrogens (tertiary/aromatic N) is 2. The number of fused-ring (bicyclic) bond motifs is 1. The second kappa shape index (κ2) is 3.44. The number of carboxylic acids is 1. The third-order valence-corrected chi connectivity index (χ3v) is 2.69. The van der Waals surface area contributed by atoms with Gasteiger partial charge < -0.3 is 9.67 Å². The Morgan fingerprint density at radius 1 is 1.57 bits per heavy atom. The zero-order chi connectivity index (χ0) is 10.1. The molecule has 0 atom stereocenters. The lowest BCUT2D eigenvalue weighted by molar-refractivity contribution is 0.0682. The van der Waals surface area contributed by atoms with Gasteiger partial charge in [0.2, 0.25) is 0 Å². The normalized spacial score (nSPS) is 15.2. The molecule has 1 N–H and O–H groups in total. The van der Waals surface area contributed by atoms with Gasteiger partial charge in [0.15, 0.2) is 5.69 Å². The van der Waals surface area contributed by atoms with Crippen LogP contribution in [0.5, 0.6) is 0 Å². The molecule has 0 aliphatic carbocycles. The first-order valence-corrected chi connectivity index (χ1v) is 5.05. The van der Waals surface area contributed by atoms with E-state index >= 15 is 0 Å². The van der Waals surface area contributed by atoms with Crippen LogP contribution in [0.25, 0.3) is 0 Å². The van der Waals surface area contributed by atoms with E-state index in [9.17, 15) is 4.79 Å². The van der Waals surface area contributed by atoms with Crippen molar-refractivity contribution in [3.8, 4) is 0 Å². The van der Waals surface area contributed by atoms with Crippen molar-refractivity contribution >= 4 is 5.97 Å². The molecule has 0 spiro atoms. The van der Waals surface area contributed by atoms with Crippen molar-refractivity contribution in [2.45, 2.75) is 39.2 Å². The number of carbonyl (C=O) groups is 1. The van der Waals surface area contributed by atoms with Crippen molar-refractivity contribution in [1.29, 1.82) is 0 Å². The van der Waals surface area contributed by atoms with Gasteiger partial charge in [-0.05, 0) is 19.3 Å². The first kappa shape index (κ1) is 9.24. The Morgan fingerprint density at radius 3 is 3.00 bits per heavy atom. The Hall–Kier alpha value is -1.32. The molecule has 1 aliphatic heterocycles. The highest BCUT2D eigenvalue weighted by atomic mass is 16.4. The van der Waals surface area contributed by atoms with Crippen LogP contribution in [0.1, 0.15) is 41.8 Å². The molecule has 0 bridgehead atoms. The predicted molar refractivity (Wildman–Crippen MR) is 51.5 cm³/mol. The Labute approximate surface area is 82.6 Å². The number of hydrogen-bond acceptors (Lipinski definition) is 2. The number of aromatic carboxylic acids is 1. The largest absolute Gasteiger partial charge is 0.477 e. The maximum atomic E-state index is 11.1. The molecule has 2 rings (SSSR count). The van der Waals surface area contributed by atoms with Gasteiger partial charge in [-0.25, -0.2) is 9.78 Å². The van der Waals surface area contributed by atoms with Crippen molar-refractivity contribution < 1.29 is 9.90 Å². The fourth-order valence-electron chi connectivity index (χ4n) is 2.02. The van der Waals surface area contributed by atoms with Crippen LogP contribution in [0.15, 0.2) is 0 Å². The minimum Gasteiger partial charge on any atom is -0.477 e. The third kappa shape index (κ3) is 1.31. The molecule has 76 valence electrons. The number of rotatable bonds is 2. The van der Waals surface area contributed by atoms with E-state index in [0.29, 0.717) is 12.1 Å². The standard InChI is InChI=1S/C10H14N2O2/c1-2-7-9(10(13)14)12-6-4-3-5-8(12)11-7/h2-6H2,1H3,(H,13,14). The van der Waals surface area contributed by atoms with Gasteiger partial charge in [0.25, 0.3) is 0 Å². The maximum absolute atomic E-state index is 11.1. The summed E-state index contributed by atoms with van der Waals surface area (Å²) < 4.78 is 1.87. The molecular formula is C10H14N2O2. The van der Waals surface area contributed by atoms with Gasteiger partial charge in [-0.2, -0.15) is 0 Å². The highest BCUT2D eigenvalue weighted by molar-refractivity contribution is 5.87. The van der Waals surface area contributed by atoms with Crippen LogP contribution in [-0.2, 0) is 19.4 Å². The topological polar surface area (TPSA) is 55.1 Å². The van der Waals surface area contributed by atoms with Gasteiger partial charge in [-0.15, -0.1) is 0 Å². The number of aryl methyl sites for hydroxylation is 2. The van der Waals surface area contributed by atoms with E-state index in [0.717, 1.165) is 37.3 Å². The minimum absolute atomic E-state index is 0.405. The summed E-state index contributed by atoms with van der Waals surface area (Å²) in [4.78, 5) is 15.4. The van der Waals surface area contributed by atoms with Crippen LogP contribution in [0.4, 0.5) is 0 Å². The fourth-order valence-corrected chi connectivity index (χ4v) is 2.02. The van der Waals surface area contributed by atoms with Gasteiger partial charge in [0.05, 0.1) is 5.69 Å². The van der Waals surface area contributed by atoms with E-state index < -0.39 is 5.97 Å². The molecule has 0 aromatic carbocycles. The Bertz CT molecular complexity index is 368. The summed E-state index contributed by atoms with van der Waals surface area (Å²) in [5.41, 5.74) is 1.14. The molecule has 1 aromatic heterocycles. The van der Waals surface area contributed by atoms with Crippen LogP contribution in [0.2, 0.25) is 0 Å². The molecule has 0 saturated heterocycles. The van der Waals surface area contributed by atoms with Gasteiger partial charge in [0, 0.05) is 13.0 Å². The summed E-state index contributed by atoms with van der Waals surface area (Å²) in [6, 6.07) is 0. The lowest BCUT2D eigenvalue weighted by atomic mass is 10.1. The molecule has 1 aliphatic rings.